The molecule has 3 rings (SSSR count). The minimum atomic E-state index is -3.57. The van der Waals surface area contributed by atoms with Crippen molar-refractivity contribution in [2.24, 2.45) is 5.14 Å². The maximum Gasteiger partial charge on any atom is 0.222 e. The molecule has 3 aromatic rings. The Labute approximate surface area is 170 Å². The number of benzene rings is 1. The molecular weight excluding hydrogens is 390 g/mol. The van der Waals surface area contributed by atoms with Crippen molar-refractivity contribution in [3.63, 3.8) is 0 Å². The Morgan fingerprint density at radius 3 is 2.31 bits per heavy atom. The highest BCUT2D eigenvalue weighted by Gasteiger charge is 2.08. The molecule has 29 heavy (non-hydrogen) atoms. The van der Waals surface area contributed by atoms with Crippen LogP contribution >= 0.6 is 0 Å². The maximum atomic E-state index is 11.2. The van der Waals surface area contributed by atoms with Gasteiger partial charge in [-0.25, -0.2) is 28.5 Å². The van der Waals surface area contributed by atoms with Crippen LogP contribution in [0.2, 0.25) is 0 Å². The normalized spacial score (nSPS) is 11.4. The summed E-state index contributed by atoms with van der Waals surface area (Å²) in [6, 6.07) is 8.46. The van der Waals surface area contributed by atoms with Crippen molar-refractivity contribution in [3.8, 4) is 11.6 Å². The molecular formula is C20H23N5O3S. The summed E-state index contributed by atoms with van der Waals surface area (Å²) in [5.41, 5.74) is 2.53. The van der Waals surface area contributed by atoms with Crippen LogP contribution in [0, 0.1) is 6.92 Å². The highest BCUT2D eigenvalue weighted by Crippen LogP contribution is 2.21. The van der Waals surface area contributed by atoms with Crippen molar-refractivity contribution in [2.45, 2.75) is 38.9 Å². The average Bonchev–Trinajstić information content (AvgIpc) is 2.67. The molecule has 0 fully saturated rings. The van der Waals surface area contributed by atoms with Gasteiger partial charge in [-0.15, -0.1) is 0 Å². The molecule has 0 aliphatic carbocycles. The molecule has 0 radical (unpaired) electrons. The third-order valence-corrected chi connectivity index (χ3v) is 4.89. The zero-order valence-corrected chi connectivity index (χ0v) is 17.2. The first-order chi connectivity index (χ1) is 13.8. The lowest BCUT2D eigenvalue weighted by atomic mass is 10.2. The third kappa shape index (κ3) is 6.58. The van der Waals surface area contributed by atoms with Gasteiger partial charge in [-0.1, -0.05) is 19.1 Å². The standard InChI is InChI=1S/C20H23N5O3S/c1-3-15-11-22-19(23-12-15)9-6-17-10-20(25-14(2)24-17)28-18-7-4-16(5-8-18)13-29(21,26)27/h4-5,7-8,10-12H,3,6,9,13H2,1-2H3,(H2,21,26,27). The summed E-state index contributed by atoms with van der Waals surface area (Å²) in [6.07, 6.45) is 5.94. The molecule has 0 aliphatic heterocycles. The number of hydrogen-bond acceptors (Lipinski definition) is 7. The average molecular weight is 414 g/mol. The first-order valence-electron chi connectivity index (χ1n) is 9.22. The first kappa shape index (κ1) is 20.8. The third-order valence-electron chi connectivity index (χ3n) is 4.15. The van der Waals surface area contributed by atoms with E-state index in [1.54, 1.807) is 37.3 Å². The van der Waals surface area contributed by atoms with Gasteiger partial charge in [0.1, 0.15) is 17.4 Å². The van der Waals surface area contributed by atoms with Crippen LogP contribution in [0.15, 0.2) is 42.7 Å². The summed E-state index contributed by atoms with van der Waals surface area (Å²) in [6.45, 7) is 3.87. The molecule has 152 valence electrons. The van der Waals surface area contributed by atoms with Crippen molar-refractivity contribution in [2.75, 3.05) is 0 Å². The van der Waals surface area contributed by atoms with Crippen LogP contribution in [-0.2, 0) is 35.0 Å². The molecule has 2 N–H and O–H groups in total. The Hall–Kier alpha value is -2.91. The Bertz CT molecular complexity index is 1070. The van der Waals surface area contributed by atoms with Gasteiger partial charge in [0.05, 0.1) is 5.75 Å². The smallest absolute Gasteiger partial charge is 0.222 e. The summed E-state index contributed by atoms with van der Waals surface area (Å²) in [5.74, 6) is 2.13. The van der Waals surface area contributed by atoms with Gasteiger partial charge in [-0.3, -0.25) is 0 Å². The molecule has 8 nitrogen and oxygen atoms in total. The fourth-order valence-electron chi connectivity index (χ4n) is 2.72. The second-order valence-electron chi connectivity index (χ2n) is 6.66. The Morgan fingerprint density at radius 1 is 1.00 bits per heavy atom. The van der Waals surface area contributed by atoms with Gasteiger partial charge in [0.25, 0.3) is 0 Å². The van der Waals surface area contributed by atoms with E-state index in [0.717, 1.165) is 23.5 Å². The van der Waals surface area contributed by atoms with Crippen molar-refractivity contribution in [3.05, 3.63) is 71.2 Å². The number of nitrogens with zero attached hydrogens (tertiary/aromatic N) is 4. The van der Waals surface area contributed by atoms with E-state index in [9.17, 15) is 8.42 Å². The molecule has 0 atom stereocenters. The van der Waals surface area contributed by atoms with Crippen molar-refractivity contribution < 1.29 is 13.2 Å². The van der Waals surface area contributed by atoms with E-state index in [0.29, 0.717) is 35.9 Å². The second-order valence-corrected chi connectivity index (χ2v) is 8.27. The molecule has 2 heterocycles. The molecule has 0 saturated carbocycles. The summed E-state index contributed by atoms with van der Waals surface area (Å²) < 4.78 is 28.1. The topological polar surface area (TPSA) is 121 Å². The lowest BCUT2D eigenvalue weighted by Crippen LogP contribution is -2.14. The summed E-state index contributed by atoms with van der Waals surface area (Å²) >= 11 is 0. The Balaban J connectivity index is 1.66. The molecule has 1 aromatic carbocycles. The number of rotatable bonds is 8. The molecule has 0 spiro atoms. The highest BCUT2D eigenvalue weighted by atomic mass is 32.2. The SMILES string of the molecule is CCc1cnc(CCc2cc(Oc3ccc(CS(N)(=O)=O)cc3)nc(C)n2)nc1. The van der Waals surface area contributed by atoms with E-state index in [4.69, 9.17) is 9.88 Å². The van der Waals surface area contributed by atoms with Gasteiger partial charge in [0, 0.05) is 30.6 Å². The maximum absolute atomic E-state index is 11.2. The van der Waals surface area contributed by atoms with Crippen LogP contribution in [0.5, 0.6) is 11.6 Å². The molecule has 0 unspecified atom stereocenters. The van der Waals surface area contributed by atoms with Crippen molar-refractivity contribution in [1.29, 1.82) is 0 Å². The zero-order valence-electron chi connectivity index (χ0n) is 16.4. The second kappa shape index (κ2) is 9.06. The zero-order chi connectivity index (χ0) is 20.9. The fourth-order valence-corrected chi connectivity index (χ4v) is 3.38. The van der Waals surface area contributed by atoms with E-state index in [1.807, 2.05) is 12.4 Å². The molecule has 0 aliphatic rings. The minimum Gasteiger partial charge on any atom is -0.439 e. The summed E-state index contributed by atoms with van der Waals surface area (Å²) in [5, 5.41) is 5.06. The lowest BCUT2D eigenvalue weighted by Gasteiger charge is -2.08. The molecule has 0 saturated heterocycles. The van der Waals surface area contributed by atoms with Gasteiger partial charge < -0.3 is 4.74 Å². The van der Waals surface area contributed by atoms with Crippen LogP contribution in [0.3, 0.4) is 0 Å². The van der Waals surface area contributed by atoms with Gasteiger partial charge in [0.2, 0.25) is 15.9 Å². The number of aryl methyl sites for hydroxylation is 4. The Kier molecular flexibility index (Phi) is 6.50. The van der Waals surface area contributed by atoms with Crippen LogP contribution in [0.1, 0.15) is 35.4 Å². The molecule has 0 bridgehead atoms. The van der Waals surface area contributed by atoms with Crippen LogP contribution < -0.4 is 9.88 Å². The number of ether oxygens (including phenoxy) is 1. The van der Waals surface area contributed by atoms with E-state index in [-0.39, 0.29) is 5.75 Å². The highest BCUT2D eigenvalue weighted by molar-refractivity contribution is 7.88. The lowest BCUT2D eigenvalue weighted by molar-refractivity contribution is 0.458. The predicted octanol–water partition coefficient (Wildman–Crippen LogP) is 2.50. The number of sulfonamides is 1. The van der Waals surface area contributed by atoms with Crippen LogP contribution in [0.25, 0.3) is 0 Å². The van der Waals surface area contributed by atoms with E-state index < -0.39 is 10.0 Å². The van der Waals surface area contributed by atoms with E-state index in [2.05, 4.69) is 26.9 Å². The van der Waals surface area contributed by atoms with Crippen molar-refractivity contribution in [1.82, 2.24) is 19.9 Å². The van der Waals surface area contributed by atoms with Gasteiger partial charge in [0.15, 0.2) is 0 Å². The number of nitrogens with two attached hydrogens (primary N) is 1. The van der Waals surface area contributed by atoms with Crippen LogP contribution in [-0.4, -0.2) is 28.4 Å². The molecule has 0 amide bonds. The van der Waals surface area contributed by atoms with Gasteiger partial charge in [-0.05, 0) is 43.0 Å². The quantitative estimate of drug-likeness (QED) is 0.602. The minimum absolute atomic E-state index is 0.217. The Morgan fingerprint density at radius 2 is 1.69 bits per heavy atom. The van der Waals surface area contributed by atoms with Gasteiger partial charge in [-0.2, -0.15) is 4.98 Å². The first-order valence-corrected chi connectivity index (χ1v) is 10.9. The van der Waals surface area contributed by atoms with Crippen molar-refractivity contribution >= 4 is 10.0 Å². The number of primary sulfonamides is 1. The molecule has 9 heteroatoms. The van der Waals surface area contributed by atoms with E-state index in [1.165, 1.54) is 0 Å². The summed E-state index contributed by atoms with van der Waals surface area (Å²) in [7, 11) is -3.57. The molecule has 2 aromatic heterocycles. The van der Waals surface area contributed by atoms with Gasteiger partial charge >= 0.3 is 0 Å². The fraction of sp³-hybridized carbons (Fsp3) is 0.300. The largest absolute Gasteiger partial charge is 0.439 e. The summed E-state index contributed by atoms with van der Waals surface area (Å²) in [4.78, 5) is 17.5. The van der Waals surface area contributed by atoms with Crippen LogP contribution in [0.4, 0.5) is 0 Å². The number of hydrogen-bond donors (Lipinski definition) is 1. The monoisotopic (exact) mass is 413 g/mol. The van der Waals surface area contributed by atoms with E-state index >= 15 is 0 Å². The predicted molar refractivity (Wildman–Crippen MR) is 109 cm³/mol. The number of aromatic nitrogens is 4.